The maximum Gasteiger partial charge on any atom is 0.325 e. The SMILES string of the molecule is C[C@H](O)[C@@H](NOCc1ccccc1)C(=O)O. The molecule has 0 aliphatic rings. The Kier molecular flexibility index (Phi) is 4.91. The first-order valence-corrected chi connectivity index (χ1v) is 4.93. The van der Waals surface area contributed by atoms with Gasteiger partial charge in [-0.3, -0.25) is 9.63 Å². The Bertz CT molecular complexity index is 326. The number of carboxylic acids is 1. The number of carbonyl (C=O) groups is 1. The molecule has 16 heavy (non-hydrogen) atoms. The second kappa shape index (κ2) is 6.22. The molecule has 0 bridgehead atoms. The van der Waals surface area contributed by atoms with Crippen molar-refractivity contribution in [1.82, 2.24) is 5.48 Å². The summed E-state index contributed by atoms with van der Waals surface area (Å²) in [5, 5.41) is 17.9. The predicted molar refractivity (Wildman–Crippen MR) is 57.5 cm³/mol. The number of hydrogen-bond acceptors (Lipinski definition) is 4. The van der Waals surface area contributed by atoms with E-state index in [4.69, 9.17) is 15.1 Å². The summed E-state index contributed by atoms with van der Waals surface area (Å²) in [6.07, 6.45) is -1.02. The van der Waals surface area contributed by atoms with Gasteiger partial charge in [0.15, 0.2) is 6.04 Å². The fourth-order valence-electron chi connectivity index (χ4n) is 1.14. The van der Waals surface area contributed by atoms with Crippen molar-refractivity contribution in [3.8, 4) is 0 Å². The quantitative estimate of drug-likeness (QED) is 0.616. The lowest BCUT2D eigenvalue weighted by Gasteiger charge is -2.16. The van der Waals surface area contributed by atoms with Gasteiger partial charge in [0.25, 0.3) is 0 Å². The molecule has 3 N–H and O–H groups in total. The van der Waals surface area contributed by atoms with Crippen molar-refractivity contribution < 1.29 is 19.8 Å². The zero-order valence-electron chi connectivity index (χ0n) is 8.96. The third-order valence-corrected chi connectivity index (χ3v) is 2.04. The molecule has 0 aromatic heterocycles. The van der Waals surface area contributed by atoms with Crippen LogP contribution in [0.4, 0.5) is 0 Å². The summed E-state index contributed by atoms with van der Waals surface area (Å²) in [6.45, 7) is 1.63. The fraction of sp³-hybridized carbons (Fsp3) is 0.364. The molecule has 0 saturated carbocycles. The fourth-order valence-corrected chi connectivity index (χ4v) is 1.14. The second-order valence-electron chi connectivity index (χ2n) is 3.45. The molecule has 0 aliphatic heterocycles. The van der Waals surface area contributed by atoms with Crippen molar-refractivity contribution in [3.05, 3.63) is 35.9 Å². The van der Waals surface area contributed by atoms with Crippen LogP contribution in [0, 0.1) is 0 Å². The molecule has 5 nitrogen and oxygen atoms in total. The van der Waals surface area contributed by atoms with E-state index in [1.807, 2.05) is 30.3 Å². The molecule has 0 aliphatic carbocycles. The van der Waals surface area contributed by atoms with Crippen LogP contribution in [-0.2, 0) is 16.2 Å². The molecular formula is C11H15NO4. The van der Waals surface area contributed by atoms with Gasteiger partial charge in [-0.2, -0.15) is 5.48 Å². The molecule has 0 saturated heterocycles. The largest absolute Gasteiger partial charge is 0.480 e. The number of carboxylic acid groups (broad SMARTS) is 1. The van der Waals surface area contributed by atoms with E-state index in [2.05, 4.69) is 5.48 Å². The van der Waals surface area contributed by atoms with Crippen LogP contribution in [0.15, 0.2) is 30.3 Å². The van der Waals surface area contributed by atoms with Crippen molar-refractivity contribution in [2.24, 2.45) is 0 Å². The van der Waals surface area contributed by atoms with Crippen molar-refractivity contribution in [1.29, 1.82) is 0 Å². The molecule has 2 atom stereocenters. The Morgan fingerprint density at radius 3 is 2.56 bits per heavy atom. The number of hydrogen-bond donors (Lipinski definition) is 3. The molecule has 5 heteroatoms. The summed E-state index contributed by atoms with van der Waals surface area (Å²) >= 11 is 0. The summed E-state index contributed by atoms with van der Waals surface area (Å²) < 4.78 is 0. The number of benzene rings is 1. The molecule has 1 aromatic rings. The zero-order chi connectivity index (χ0) is 12.0. The highest BCUT2D eigenvalue weighted by Crippen LogP contribution is 2.00. The predicted octanol–water partition coefficient (Wildman–Crippen LogP) is 0.542. The van der Waals surface area contributed by atoms with Crippen LogP contribution in [0.5, 0.6) is 0 Å². The maximum absolute atomic E-state index is 10.7. The Labute approximate surface area is 93.6 Å². The van der Waals surface area contributed by atoms with E-state index in [0.29, 0.717) is 0 Å². The first-order chi connectivity index (χ1) is 7.61. The van der Waals surface area contributed by atoms with E-state index in [-0.39, 0.29) is 6.61 Å². The Balaban J connectivity index is 2.37. The highest BCUT2D eigenvalue weighted by molar-refractivity contribution is 5.73. The third-order valence-electron chi connectivity index (χ3n) is 2.04. The van der Waals surface area contributed by atoms with Gasteiger partial charge in [0.05, 0.1) is 12.7 Å². The van der Waals surface area contributed by atoms with E-state index in [9.17, 15) is 4.79 Å². The molecule has 0 amide bonds. The lowest BCUT2D eigenvalue weighted by molar-refractivity contribution is -0.149. The average Bonchev–Trinajstić information content (AvgIpc) is 2.24. The van der Waals surface area contributed by atoms with Crippen LogP contribution < -0.4 is 5.48 Å². The summed E-state index contributed by atoms with van der Waals surface area (Å²) in [6, 6.07) is 8.21. The monoisotopic (exact) mass is 225 g/mol. The molecular weight excluding hydrogens is 210 g/mol. The van der Waals surface area contributed by atoms with Crippen LogP contribution in [-0.4, -0.2) is 28.3 Å². The Morgan fingerprint density at radius 1 is 1.44 bits per heavy atom. The van der Waals surface area contributed by atoms with Crippen molar-refractivity contribution >= 4 is 5.97 Å². The second-order valence-corrected chi connectivity index (χ2v) is 3.45. The summed E-state index contributed by atoms with van der Waals surface area (Å²) in [5.41, 5.74) is 3.24. The van der Waals surface area contributed by atoms with Crippen LogP contribution >= 0.6 is 0 Å². The van der Waals surface area contributed by atoms with E-state index in [1.54, 1.807) is 0 Å². The minimum atomic E-state index is -1.15. The van der Waals surface area contributed by atoms with Gasteiger partial charge >= 0.3 is 5.97 Å². The normalized spacial score (nSPS) is 14.4. The number of aliphatic hydroxyl groups excluding tert-OH is 1. The number of hydroxylamine groups is 1. The van der Waals surface area contributed by atoms with Crippen molar-refractivity contribution in [2.75, 3.05) is 0 Å². The molecule has 1 rings (SSSR count). The molecule has 0 heterocycles. The van der Waals surface area contributed by atoms with Gasteiger partial charge < -0.3 is 10.2 Å². The summed E-state index contributed by atoms with van der Waals surface area (Å²) in [5.74, 6) is -1.15. The smallest absolute Gasteiger partial charge is 0.325 e. The third kappa shape index (κ3) is 3.98. The number of rotatable bonds is 6. The lowest BCUT2D eigenvalue weighted by atomic mass is 10.2. The number of aliphatic carboxylic acids is 1. The Morgan fingerprint density at radius 2 is 2.06 bits per heavy atom. The van der Waals surface area contributed by atoms with Gasteiger partial charge in [-0.05, 0) is 12.5 Å². The van der Waals surface area contributed by atoms with Crippen molar-refractivity contribution in [3.63, 3.8) is 0 Å². The minimum Gasteiger partial charge on any atom is -0.480 e. The lowest BCUT2D eigenvalue weighted by Crippen LogP contribution is -2.44. The van der Waals surface area contributed by atoms with E-state index in [1.165, 1.54) is 6.92 Å². The van der Waals surface area contributed by atoms with Gasteiger partial charge in [0.2, 0.25) is 0 Å². The van der Waals surface area contributed by atoms with Gasteiger partial charge in [0.1, 0.15) is 0 Å². The van der Waals surface area contributed by atoms with E-state index >= 15 is 0 Å². The van der Waals surface area contributed by atoms with Gasteiger partial charge in [0, 0.05) is 0 Å². The van der Waals surface area contributed by atoms with Crippen LogP contribution in [0.3, 0.4) is 0 Å². The first kappa shape index (κ1) is 12.6. The van der Waals surface area contributed by atoms with Gasteiger partial charge in [-0.1, -0.05) is 30.3 Å². The Hall–Kier alpha value is -1.43. The minimum absolute atomic E-state index is 0.247. The molecule has 1 aromatic carbocycles. The first-order valence-electron chi connectivity index (χ1n) is 4.93. The molecule has 0 unspecified atom stereocenters. The van der Waals surface area contributed by atoms with E-state index in [0.717, 1.165) is 5.56 Å². The summed E-state index contributed by atoms with van der Waals surface area (Å²) in [7, 11) is 0. The highest BCUT2D eigenvalue weighted by atomic mass is 16.6. The van der Waals surface area contributed by atoms with Crippen LogP contribution in [0.1, 0.15) is 12.5 Å². The molecule has 0 spiro atoms. The van der Waals surface area contributed by atoms with Crippen LogP contribution in [0.2, 0.25) is 0 Å². The maximum atomic E-state index is 10.7. The topological polar surface area (TPSA) is 78.8 Å². The van der Waals surface area contributed by atoms with Gasteiger partial charge in [-0.25, -0.2) is 0 Å². The molecule has 88 valence electrons. The zero-order valence-corrected chi connectivity index (χ0v) is 8.96. The molecule has 0 radical (unpaired) electrons. The van der Waals surface area contributed by atoms with Crippen LogP contribution in [0.25, 0.3) is 0 Å². The van der Waals surface area contributed by atoms with Gasteiger partial charge in [-0.15, -0.1) is 0 Å². The van der Waals surface area contributed by atoms with E-state index < -0.39 is 18.1 Å². The number of nitrogens with one attached hydrogen (secondary N) is 1. The number of aliphatic hydroxyl groups is 1. The summed E-state index contributed by atoms with van der Waals surface area (Å²) in [4.78, 5) is 15.7. The molecule has 0 fully saturated rings. The standard InChI is InChI=1S/C11H15NO4/c1-8(13)10(11(14)15)12-16-7-9-5-3-2-4-6-9/h2-6,8,10,12-13H,7H2,1H3,(H,14,15)/t8-,10+/m0/s1. The highest BCUT2D eigenvalue weighted by Gasteiger charge is 2.22. The average molecular weight is 225 g/mol. The van der Waals surface area contributed by atoms with Crippen molar-refractivity contribution in [2.45, 2.75) is 25.7 Å².